The molecule has 1 unspecified atom stereocenters. The molecular weight excluding hydrogens is 242 g/mol. The normalized spacial score (nSPS) is 28.8. The Morgan fingerprint density at radius 3 is 2.37 bits per heavy atom. The number of aliphatic hydroxyl groups is 1. The maximum Gasteiger partial charge on any atom is 0.235 e. The fourth-order valence-electron chi connectivity index (χ4n) is 3.66. The standard InChI is InChI=1S/C15H23NO3/c17-12(11-5-6-11)10-16-13(18)9-15(14(16)19)7-3-1-2-4-8-15/h11-12,17H,1-10H2. The molecule has 3 rings (SSSR count). The molecule has 2 aliphatic carbocycles. The predicted octanol–water partition coefficient (Wildman–Crippen LogP) is 1.86. The third kappa shape index (κ3) is 2.42. The molecule has 4 nitrogen and oxygen atoms in total. The lowest BCUT2D eigenvalue weighted by Gasteiger charge is -2.25. The predicted molar refractivity (Wildman–Crippen MR) is 70.2 cm³/mol. The fraction of sp³-hybridized carbons (Fsp3) is 0.867. The van der Waals surface area contributed by atoms with Gasteiger partial charge < -0.3 is 5.11 Å². The molecule has 1 saturated heterocycles. The van der Waals surface area contributed by atoms with Crippen molar-refractivity contribution in [1.29, 1.82) is 0 Å². The summed E-state index contributed by atoms with van der Waals surface area (Å²) in [4.78, 5) is 26.1. The van der Waals surface area contributed by atoms with Crippen LogP contribution in [0.4, 0.5) is 0 Å². The zero-order valence-electron chi connectivity index (χ0n) is 11.4. The van der Waals surface area contributed by atoms with Crippen molar-refractivity contribution in [2.75, 3.05) is 6.54 Å². The highest BCUT2D eigenvalue weighted by molar-refractivity contribution is 6.05. The van der Waals surface area contributed by atoms with Gasteiger partial charge in [-0.05, 0) is 31.6 Å². The van der Waals surface area contributed by atoms with E-state index in [1.54, 1.807) is 0 Å². The van der Waals surface area contributed by atoms with E-state index in [1.807, 2.05) is 0 Å². The Kier molecular flexibility index (Phi) is 3.37. The average Bonchev–Trinajstić information content (AvgIpc) is 3.19. The van der Waals surface area contributed by atoms with Crippen LogP contribution in [0.15, 0.2) is 0 Å². The van der Waals surface area contributed by atoms with Gasteiger partial charge in [0.1, 0.15) is 0 Å². The molecule has 3 aliphatic rings. The van der Waals surface area contributed by atoms with Gasteiger partial charge in [-0.1, -0.05) is 25.7 Å². The van der Waals surface area contributed by atoms with Crippen LogP contribution < -0.4 is 0 Å². The van der Waals surface area contributed by atoms with Crippen LogP contribution in [0.3, 0.4) is 0 Å². The van der Waals surface area contributed by atoms with Crippen molar-refractivity contribution >= 4 is 11.8 Å². The van der Waals surface area contributed by atoms with Crippen LogP contribution in [0.2, 0.25) is 0 Å². The van der Waals surface area contributed by atoms with Crippen molar-refractivity contribution < 1.29 is 14.7 Å². The highest BCUT2D eigenvalue weighted by Gasteiger charge is 2.51. The summed E-state index contributed by atoms with van der Waals surface area (Å²) in [7, 11) is 0. The summed E-state index contributed by atoms with van der Waals surface area (Å²) in [6.07, 6.45) is 8.10. The lowest BCUT2D eigenvalue weighted by molar-refractivity contribution is -0.143. The van der Waals surface area contributed by atoms with Crippen molar-refractivity contribution in [3.63, 3.8) is 0 Å². The van der Waals surface area contributed by atoms with E-state index in [-0.39, 0.29) is 18.4 Å². The Labute approximate surface area is 114 Å². The molecule has 1 aliphatic heterocycles. The van der Waals surface area contributed by atoms with Gasteiger partial charge in [-0.3, -0.25) is 14.5 Å². The van der Waals surface area contributed by atoms with E-state index >= 15 is 0 Å². The summed E-state index contributed by atoms with van der Waals surface area (Å²) in [5.74, 6) is 0.247. The molecule has 0 bridgehead atoms. The second-order valence-corrected chi connectivity index (χ2v) is 6.59. The van der Waals surface area contributed by atoms with Crippen LogP contribution in [-0.4, -0.2) is 34.5 Å². The molecule has 2 amide bonds. The number of carbonyl (C=O) groups excluding carboxylic acids is 2. The monoisotopic (exact) mass is 265 g/mol. The second kappa shape index (κ2) is 4.89. The SMILES string of the molecule is O=C1CC2(CCCCCC2)C(=O)N1CC(O)C1CC1. The van der Waals surface area contributed by atoms with E-state index in [2.05, 4.69) is 0 Å². The first-order chi connectivity index (χ1) is 9.12. The molecule has 0 radical (unpaired) electrons. The molecule has 1 N–H and O–H groups in total. The van der Waals surface area contributed by atoms with Crippen molar-refractivity contribution in [1.82, 2.24) is 4.90 Å². The topological polar surface area (TPSA) is 57.6 Å². The van der Waals surface area contributed by atoms with Crippen molar-refractivity contribution in [3.8, 4) is 0 Å². The first-order valence-corrected chi connectivity index (χ1v) is 7.65. The smallest absolute Gasteiger partial charge is 0.235 e. The lowest BCUT2D eigenvalue weighted by atomic mass is 9.79. The molecule has 3 fully saturated rings. The summed E-state index contributed by atoms with van der Waals surface area (Å²) in [5, 5.41) is 9.98. The van der Waals surface area contributed by atoms with E-state index in [4.69, 9.17) is 0 Å². The van der Waals surface area contributed by atoms with Crippen molar-refractivity contribution in [3.05, 3.63) is 0 Å². The van der Waals surface area contributed by atoms with E-state index in [1.165, 1.54) is 17.7 Å². The average molecular weight is 265 g/mol. The molecule has 106 valence electrons. The van der Waals surface area contributed by atoms with Crippen LogP contribution in [-0.2, 0) is 9.59 Å². The van der Waals surface area contributed by atoms with Gasteiger partial charge in [-0.25, -0.2) is 0 Å². The third-order valence-electron chi connectivity index (χ3n) is 5.09. The maximum atomic E-state index is 12.6. The number of β-amino-alcohol motifs (C(OH)–C–C–N with tert-alkyl or cyclic N) is 1. The fourth-order valence-corrected chi connectivity index (χ4v) is 3.66. The summed E-state index contributed by atoms with van der Waals surface area (Å²) in [6.45, 7) is 0.226. The van der Waals surface area contributed by atoms with Gasteiger partial charge in [-0.15, -0.1) is 0 Å². The molecule has 1 atom stereocenters. The van der Waals surface area contributed by atoms with Crippen LogP contribution in [0.25, 0.3) is 0 Å². The van der Waals surface area contributed by atoms with Crippen LogP contribution >= 0.6 is 0 Å². The van der Waals surface area contributed by atoms with Crippen LogP contribution in [0.1, 0.15) is 57.8 Å². The van der Waals surface area contributed by atoms with Gasteiger partial charge in [-0.2, -0.15) is 0 Å². The lowest BCUT2D eigenvalue weighted by Crippen LogP contribution is -2.40. The van der Waals surface area contributed by atoms with Crippen molar-refractivity contribution in [2.24, 2.45) is 11.3 Å². The molecule has 19 heavy (non-hydrogen) atoms. The molecule has 0 aromatic carbocycles. The second-order valence-electron chi connectivity index (χ2n) is 6.59. The molecule has 1 spiro atoms. The minimum Gasteiger partial charge on any atom is -0.391 e. The van der Waals surface area contributed by atoms with E-state index in [0.29, 0.717) is 12.3 Å². The maximum absolute atomic E-state index is 12.6. The number of imide groups is 1. The zero-order chi connectivity index (χ0) is 13.5. The van der Waals surface area contributed by atoms with Crippen LogP contribution in [0.5, 0.6) is 0 Å². The highest BCUT2D eigenvalue weighted by atomic mass is 16.3. The number of aliphatic hydroxyl groups excluding tert-OH is 1. The molecule has 0 aromatic rings. The molecule has 0 aromatic heterocycles. The first-order valence-electron chi connectivity index (χ1n) is 7.65. The Balaban J connectivity index is 1.72. The number of hydrogen-bond acceptors (Lipinski definition) is 3. The van der Waals surface area contributed by atoms with Crippen LogP contribution in [0, 0.1) is 11.3 Å². The quantitative estimate of drug-likeness (QED) is 0.792. The van der Waals surface area contributed by atoms with Gasteiger partial charge in [0.2, 0.25) is 11.8 Å². The number of likely N-dealkylation sites (tertiary alicyclic amines) is 1. The molecule has 2 saturated carbocycles. The Bertz CT molecular complexity index is 381. The van der Waals surface area contributed by atoms with Gasteiger partial charge in [0.05, 0.1) is 18.1 Å². The number of carbonyl (C=O) groups is 2. The largest absolute Gasteiger partial charge is 0.391 e. The number of amides is 2. The van der Waals surface area contributed by atoms with Gasteiger partial charge in [0, 0.05) is 6.42 Å². The molecular formula is C15H23NO3. The van der Waals surface area contributed by atoms with Gasteiger partial charge in [0.15, 0.2) is 0 Å². The van der Waals surface area contributed by atoms with Gasteiger partial charge in [0.25, 0.3) is 0 Å². The van der Waals surface area contributed by atoms with E-state index < -0.39 is 11.5 Å². The van der Waals surface area contributed by atoms with E-state index in [9.17, 15) is 14.7 Å². The zero-order valence-corrected chi connectivity index (χ0v) is 11.4. The summed E-state index contributed by atoms with van der Waals surface area (Å²) >= 11 is 0. The highest BCUT2D eigenvalue weighted by Crippen LogP contribution is 2.45. The minimum atomic E-state index is -0.506. The molecule has 1 heterocycles. The summed E-state index contributed by atoms with van der Waals surface area (Å²) in [5.41, 5.74) is -0.420. The molecule has 4 heteroatoms. The summed E-state index contributed by atoms with van der Waals surface area (Å²) < 4.78 is 0. The Morgan fingerprint density at radius 1 is 1.16 bits per heavy atom. The Morgan fingerprint density at radius 2 is 1.79 bits per heavy atom. The number of nitrogens with zero attached hydrogens (tertiary/aromatic N) is 1. The van der Waals surface area contributed by atoms with Gasteiger partial charge >= 0.3 is 0 Å². The third-order valence-corrected chi connectivity index (χ3v) is 5.09. The van der Waals surface area contributed by atoms with Crippen molar-refractivity contribution in [2.45, 2.75) is 63.9 Å². The summed E-state index contributed by atoms with van der Waals surface area (Å²) in [6, 6.07) is 0. The number of hydrogen-bond donors (Lipinski definition) is 1. The number of rotatable bonds is 3. The van der Waals surface area contributed by atoms with E-state index in [0.717, 1.165) is 38.5 Å². The first kappa shape index (κ1) is 13.1. The minimum absolute atomic E-state index is 0.000833. The Hall–Kier alpha value is -0.900.